The normalized spacial score (nSPS) is 13.4. The van der Waals surface area contributed by atoms with Crippen LogP contribution in [-0.2, 0) is 32.5 Å². The summed E-state index contributed by atoms with van der Waals surface area (Å²) >= 11 is 0. The maximum absolute atomic E-state index is 5.35. The average Bonchev–Trinajstić information content (AvgIpc) is 1.65. The molecule has 1 aliphatic rings. The second-order valence-electron chi connectivity index (χ2n) is 28.3. The Hall–Kier alpha value is -9.25. The summed E-state index contributed by atoms with van der Waals surface area (Å²) in [7, 11) is 0. The van der Waals surface area contributed by atoms with Crippen LogP contribution in [0, 0.1) is 0 Å². The van der Waals surface area contributed by atoms with Gasteiger partial charge in [0.25, 0.3) is 0 Å². The van der Waals surface area contributed by atoms with Gasteiger partial charge in [-0.1, -0.05) is 270 Å². The molecule has 0 bridgehead atoms. The largest absolute Gasteiger partial charge is 0.321 e. The quantitative estimate of drug-likeness (QED) is 0.114. The molecule has 0 saturated heterocycles. The second-order valence-corrected chi connectivity index (χ2v) is 28.3. The van der Waals surface area contributed by atoms with Crippen molar-refractivity contribution in [3.63, 3.8) is 0 Å². The lowest BCUT2D eigenvalue weighted by molar-refractivity contribution is 0.568. The highest BCUT2D eigenvalue weighted by Gasteiger charge is 2.42. The van der Waals surface area contributed by atoms with Gasteiger partial charge in [-0.3, -0.25) is 4.57 Å². The molecule has 0 spiro atoms. The highest BCUT2D eigenvalue weighted by Crippen LogP contribution is 2.52. The predicted octanol–water partition coefficient (Wildman–Crippen LogP) is 21.4. The smallest absolute Gasteiger partial charge is 0.137 e. The van der Waals surface area contributed by atoms with Gasteiger partial charge in [0, 0.05) is 39.2 Å². The number of hydrogen-bond acceptors (Lipinski definition) is 3. The van der Waals surface area contributed by atoms with Crippen molar-refractivity contribution < 1.29 is 0 Å². The van der Waals surface area contributed by atoms with Gasteiger partial charge < -0.3 is 9.80 Å². The molecule has 0 saturated carbocycles. The van der Waals surface area contributed by atoms with Gasteiger partial charge in [0.1, 0.15) is 12.5 Å². The number of nitrogens with zero attached hydrogens (tertiary/aromatic N) is 4. The molecule has 4 nitrogen and oxygen atoms in total. The van der Waals surface area contributed by atoms with Crippen LogP contribution in [-0.4, -0.2) is 16.2 Å². The number of rotatable bonds is 12. The monoisotopic (exact) mass is 1150 g/mol. The van der Waals surface area contributed by atoms with E-state index in [9.17, 15) is 0 Å². The Kier molecular flexibility index (Phi) is 14.4. The Morgan fingerprint density at radius 3 is 1.19 bits per heavy atom. The molecule has 88 heavy (non-hydrogen) atoms. The molecular weight excluding hydrogens is 1060 g/mol. The van der Waals surface area contributed by atoms with E-state index >= 15 is 0 Å². The SMILES string of the molecule is CC(C)(C)c1cc(N2CN(c3cc(C(C)(C)C)cc(C(c4ccccc4)(c4ccccc4)c4ccc5c6cc(C(C)(c7ccccc7)c7ccccc7)ccc6n(-c6cc(C(C)(C)c7ccccc7)ccn6)c5c4)c3)c3ccccc32)cc(C(C)(C)C)c1. The average molecular weight is 1150 g/mol. The van der Waals surface area contributed by atoms with Gasteiger partial charge in [-0.15, -0.1) is 0 Å². The number of benzene rings is 10. The molecule has 0 fully saturated rings. The summed E-state index contributed by atoms with van der Waals surface area (Å²) in [5, 5.41) is 2.34. The van der Waals surface area contributed by atoms with Crippen molar-refractivity contribution in [2.75, 3.05) is 16.5 Å². The van der Waals surface area contributed by atoms with Crippen molar-refractivity contribution >= 4 is 44.6 Å². The van der Waals surface area contributed by atoms with Crippen molar-refractivity contribution in [2.45, 2.75) is 116 Å². The van der Waals surface area contributed by atoms with Crippen LogP contribution in [0.1, 0.15) is 150 Å². The summed E-state index contributed by atoms with van der Waals surface area (Å²) < 4.78 is 2.44. The van der Waals surface area contributed by atoms with Crippen LogP contribution in [0.25, 0.3) is 27.6 Å². The number of aromatic nitrogens is 2. The van der Waals surface area contributed by atoms with E-state index in [0.717, 1.165) is 33.5 Å². The minimum absolute atomic E-state index is 0.0324. The van der Waals surface area contributed by atoms with E-state index in [2.05, 4.69) is 358 Å². The fourth-order valence-electron chi connectivity index (χ4n) is 13.9. The first-order valence-electron chi connectivity index (χ1n) is 31.4. The van der Waals surface area contributed by atoms with Crippen molar-refractivity contribution in [1.82, 2.24) is 9.55 Å². The minimum Gasteiger partial charge on any atom is -0.321 e. The molecule has 0 atom stereocenters. The number of para-hydroxylation sites is 2. The van der Waals surface area contributed by atoms with Crippen LogP contribution >= 0.6 is 0 Å². The van der Waals surface area contributed by atoms with Gasteiger partial charge in [0.15, 0.2) is 0 Å². The number of anilines is 4. The summed E-state index contributed by atoms with van der Waals surface area (Å²) in [5.74, 6) is 0.877. The minimum atomic E-state index is -0.815. The summed E-state index contributed by atoms with van der Waals surface area (Å²) in [4.78, 5) is 10.4. The standard InChI is InChI=1S/C84H82N4/c1-79(2,3)66-48-67(80(4,5)6)51-70(50-66)86-57-87(76-41-29-28-40-75(76)86)71-52-68(81(7,8)9)49-69(53-71)84(61-36-24-16-25-37-61,62-38-26-17-27-39-62)65-42-44-72-73-54-64(83(12,59-32-20-14-21-33-59)60-34-22-15-23-35-60)43-45-74(73)88(77(72)55-65)78-56-63(46-47-85-78)82(10,11)58-30-18-13-19-31-58/h13-56H,57H2,1-12H3. The molecule has 1 aliphatic heterocycles. The topological polar surface area (TPSA) is 24.3 Å². The van der Waals surface area contributed by atoms with Gasteiger partial charge in [-0.25, -0.2) is 4.98 Å². The molecule has 0 N–H and O–H groups in total. The van der Waals surface area contributed by atoms with Crippen LogP contribution < -0.4 is 9.80 Å². The van der Waals surface area contributed by atoms with E-state index in [-0.39, 0.29) is 21.7 Å². The van der Waals surface area contributed by atoms with Crippen LogP contribution in [0.4, 0.5) is 22.7 Å². The van der Waals surface area contributed by atoms with E-state index < -0.39 is 10.8 Å². The van der Waals surface area contributed by atoms with Gasteiger partial charge >= 0.3 is 0 Å². The molecular formula is C84H82N4. The van der Waals surface area contributed by atoms with Crippen molar-refractivity contribution in [3.8, 4) is 5.82 Å². The van der Waals surface area contributed by atoms with Gasteiger partial charge in [0.05, 0.1) is 27.8 Å². The van der Waals surface area contributed by atoms with E-state index in [4.69, 9.17) is 4.98 Å². The Bertz CT molecular complexity index is 4390. The Labute approximate surface area is 522 Å². The fraction of sp³-hybridized carbons (Fsp3) is 0.226. The summed E-state index contributed by atoms with van der Waals surface area (Å²) in [5.41, 5.74) is 19.9. The molecule has 0 radical (unpaired) electrons. The van der Waals surface area contributed by atoms with E-state index in [1.54, 1.807) is 0 Å². The van der Waals surface area contributed by atoms with E-state index in [1.807, 2.05) is 6.20 Å². The summed E-state index contributed by atoms with van der Waals surface area (Å²) in [6, 6.07) is 98.2. The number of hydrogen-bond donors (Lipinski definition) is 0. The Morgan fingerprint density at radius 2 is 0.716 bits per heavy atom. The number of fused-ring (bicyclic) bond motifs is 4. The first-order chi connectivity index (χ1) is 42.1. The highest BCUT2D eigenvalue weighted by atomic mass is 15.4. The van der Waals surface area contributed by atoms with Crippen LogP contribution in [0.3, 0.4) is 0 Å². The lowest BCUT2D eigenvalue weighted by Gasteiger charge is -2.39. The molecule has 0 unspecified atom stereocenters. The number of pyridine rings is 1. The zero-order valence-electron chi connectivity index (χ0n) is 53.4. The van der Waals surface area contributed by atoms with E-state index in [1.165, 1.54) is 83.6 Å². The van der Waals surface area contributed by atoms with Crippen LogP contribution in [0.5, 0.6) is 0 Å². The third kappa shape index (κ3) is 10.0. The third-order valence-electron chi connectivity index (χ3n) is 19.3. The molecule has 10 aromatic carbocycles. The maximum atomic E-state index is 5.35. The van der Waals surface area contributed by atoms with Gasteiger partial charge in [-0.2, -0.15) is 0 Å². The molecule has 0 aliphatic carbocycles. The predicted molar refractivity (Wildman–Crippen MR) is 372 cm³/mol. The molecule has 3 heterocycles. The maximum Gasteiger partial charge on any atom is 0.137 e. The molecule has 13 rings (SSSR count). The van der Waals surface area contributed by atoms with Gasteiger partial charge in [-0.05, 0) is 157 Å². The van der Waals surface area contributed by atoms with Gasteiger partial charge in [0.2, 0.25) is 0 Å². The van der Waals surface area contributed by atoms with E-state index in [0.29, 0.717) is 6.67 Å². The fourth-order valence-corrected chi connectivity index (χ4v) is 13.9. The highest BCUT2D eigenvalue weighted by molar-refractivity contribution is 6.10. The molecule has 2 aromatic heterocycles. The van der Waals surface area contributed by atoms with Crippen molar-refractivity contribution in [1.29, 1.82) is 0 Å². The Balaban J connectivity index is 1.08. The zero-order valence-corrected chi connectivity index (χ0v) is 53.4. The first kappa shape index (κ1) is 57.8. The lowest BCUT2D eigenvalue weighted by Crippen LogP contribution is -2.32. The summed E-state index contributed by atoms with van der Waals surface area (Å²) in [6.45, 7) is 28.8. The van der Waals surface area contributed by atoms with Crippen molar-refractivity contribution in [3.05, 3.63) is 334 Å². The Morgan fingerprint density at radius 1 is 0.295 bits per heavy atom. The molecule has 0 amide bonds. The second kappa shape index (κ2) is 21.9. The van der Waals surface area contributed by atoms with Crippen LogP contribution in [0.15, 0.2) is 267 Å². The first-order valence-corrected chi connectivity index (χ1v) is 31.4. The molecule has 12 aromatic rings. The zero-order chi connectivity index (χ0) is 61.4. The van der Waals surface area contributed by atoms with Crippen molar-refractivity contribution in [2.24, 2.45) is 0 Å². The summed E-state index contributed by atoms with van der Waals surface area (Å²) in [6.07, 6.45) is 2.01. The lowest BCUT2D eigenvalue weighted by atomic mass is 9.64. The van der Waals surface area contributed by atoms with Crippen LogP contribution in [0.2, 0.25) is 0 Å². The molecule has 4 heteroatoms. The third-order valence-corrected chi connectivity index (χ3v) is 19.3. The molecule has 438 valence electrons.